The molecule has 26 heavy (non-hydrogen) atoms. The molecule has 3 heterocycles. The number of aromatic nitrogens is 5. The van der Waals surface area contributed by atoms with Crippen molar-refractivity contribution in [2.75, 3.05) is 10.6 Å². The molecule has 0 aromatic carbocycles. The summed E-state index contributed by atoms with van der Waals surface area (Å²) in [5.74, 6) is 1.87. The van der Waals surface area contributed by atoms with Crippen molar-refractivity contribution in [1.82, 2.24) is 25.1 Å². The first-order chi connectivity index (χ1) is 12.5. The van der Waals surface area contributed by atoms with Gasteiger partial charge in [-0.05, 0) is 32.9 Å². The first kappa shape index (κ1) is 17.6. The lowest BCUT2D eigenvalue weighted by Crippen LogP contribution is -2.10. The lowest BCUT2D eigenvalue weighted by Gasteiger charge is -2.14. The van der Waals surface area contributed by atoms with Crippen LogP contribution in [-0.4, -0.2) is 31.3 Å². The molecule has 9 heteroatoms. The largest absolute Gasteiger partial charge is 0.474 e. The van der Waals surface area contributed by atoms with E-state index in [0.29, 0.717) is 29.0 Å². The maximum Gasteiger partial charge on any atom is 0.234 e. The second kappa shape index (κ2) is 7.77. The molecular formula is C17H20FN7O. The quantitative estimate of drug-likeness (QED) is 0.595. The lowest BCUT2D eigenvalue weighted by molar-refractivity contribution is 0.232. The molecule has 3 N–H and O–H groups in total. The number of anilines is 3. The van der Waals surface area contributed by atoms with Gasteiger partial charge >= 0.3 is 0 Å². The van der Waals surface area contributed by atoms with Gasteiger partial charge in [0.05, 0.1) is 36.4 Å². The van der Waals surface area contributed by atoms with Crippen molar-refractivity contribution in [3.63, 3.8) is 0 Å². The van der Waals surface area contributed by atoms with E-state index in [2.05, 4.69) is 35.8 Å². The summed E-state index contributed by atoms with van der Waals surface area (Å²) in [7, 11) is 0. The van der Waals surface area contributed by atoms with Gasteiger partial charge < -0.3 is 15.4 Å². The Morgan fingerprint density at radius 3 is 2.65 bits per heavy atom. The maximum atomic E-state index is 13.0. The molecule has 1 atom stereocenters. The van der Waals surface area contributed by atoms with E-state index >= 15 is 0 Å². The molecule has 136 valence electrons. The summed E-state index contributed by atoms with van der Waals surface area (Å²) in [6.45, 7) is 5.77. The highest BCUT2D eigenvalue weighted by Gasteiger charge is 2.10. The minimum absolute atomic E-state index is 0.0417. The summed E-state index contributed by atoms with van der Waals surface area (Å²) in [6.07, 6.45) is 4.42. The Bertz CT molecular complexity index is 850. The molecule has 3 aromatic rings. The summed E-state index contributed by atoms with van der Waals surface area (Å²) in [4.78, 5) is 12.7. The first-order valence-corrected chi connectivity index (χ1v) is 8.18. The Labute approximate surface area is 150 Å². The fourth-order valence-electron chi connectivity index (χ4n) is 2.24. The summed E-state index contributed by atoms with van der Waals surface area (Å²) < 4.78 is 18.5. The zero-order chi connectivity index (χ0) is 18.5. The Balaban J connectivity index is 1.66. The van der Waals surface area contributed by atoms with Crippen LogP contribution in [0.2, 0.25) is 0 Å². The molecule has 0 spiro atoms. The van der Waals surface area contributed by atoms with Crippen molar-refractivity contribution in [2.45, 2.75) is 32.9 Å². The van der Waals surface area contributed by atoms with E-state index in [1.807, 2.05) is 20.8 Å². The van der Waals surface area contributed by atoms with Crippen molar-refractivity contribution in [3.05, 3.63) is 48.3 Å². The molecule has 3 rings (SSSR count). The van der Waals surface area contributed by atoms with Gasteiger partial charge in [-0.25, -0.2) is 9.37 Å². The molecule has 0 saturated heterocycles. The van der Waals surface area contributed by atoms with E-state index in [9.17, 15) is 4.39 Å². The molecular weight excluding hydrogens is 337 g/mol. The van der Waals surface area contributed by atoms with Gasteiger partial charge in [-0.2, -0.15) is 0 Å². The standard InChI is InChI=1S/C17H20FN7O/c1-10(2)26-17-6-14(24-25-17)22-16-9-19-8-15(23-16)21-11(3)13-5-4-12(18)7-20-13/h4-11H,1-3H3,(H3,21,22,23,24,25)/t11-/m0/s1. The van der Waals surface area contributed by atoms with Crippen LogP contribution in [0.1, 0.15) is 32.5 Å². The number of rotatable bonds is 7. The van der Waals surface area contributed by atoms with Crippen LogP contribution in [0.3, 0.4) is 0 Å². The number of nitrogens with zero attached hydrogens (tertiary/aromatic N) is 4. The normalized spacial score (nSPS) is 12.0. The number of hydrogen-bond acceptors (Lipinski definition) is 7. The summed E-state index contributed by atoms with van der Waals surface area (Å²) in [5.41, 5.74) is 0.704. The van der Waals surface area contributed by atoms with Crippen LogP contribution in [0, 0.1) is 5.82 Å². The summed E-state index contributed by atoms with van der Waals surface area (Å²) in [6, 6.07) is 4.59. The van der Waals surface area contributed by atoms with Crippen molar-refractivity contribution < 1.29 is 9.13 Å². The van der Waals surface area contributed by atoms with Gasteiger partial charge in [0.2, 0.25) is 5.88 Å². The van der Waals surface area contributed by atoms with Crippen molar-refractivity contribution >= 4 is 17.5 Å². The third-order valence-corrected chi connectivity index (χ3v) is 3.37. The number of nitrogens with one attached hydrogen (secondary N) is 3. The third-order valence-electron chi connectivity index (χ3n) is 3.37. The van der Waals surface area contributed by atoms with E-state index in [1.54, 1.807) is 24.5 Å². The van der Waals surface area contributed by atoms with Crippen molar-refractivity contribution in [2.24, 2.45) is 0 Å². The van der Waals surface area contributed by atoms with E-state index in [-0.39, 0.29) is 18.0 Å². The number of ether oxygens (including phenoxy) is 1. The minimum Gasteiger partial charge on any atom is -0.474 e. The van der Waals surface area contributed by atoms with Crippen molar-refractivity contribution in [3.8, 4) is 5.88 Å². The van der Waals surface area contributed by atoms with Crippen LogP contribution >= 0.6 is 0 Å². The molecule has 0 unspecified atom stereocenters. The van der Waals surface area contributed by atoms with Gasteiger partial charge in [0.1, 0.15) is 17.5 Å². The molecule has 3 aromatic heterocycles. The van der Waals surface area contributed by atoms with Gasteiger partial charge in [-0.1, -0.05) is 0 Å². The second-order valence-corrected chi connectivity index (χ2v) is 5.97. The van der Waals surface area contributed by atoms with Crippen LogP contribution in [0.5, 0.6) is 5.88 Å². The molecule has 0 radical (unpaired) electrons. The number of H-pyrrole nitrogens is 1. The second-order valence-electron chi connectivity index (χ2n) is 5.97. The monoisotopic (exact) mass is 357 g/mol. The number of halogens is 1. The average molecular weight is 357 g/mol. The highest BCUT2D eigenvalue weighted by molar-refractivity contribution is 5.54. The van der Waals surface area contributed by atoms with E-state index < -0.39 is 0 Å². The number of pyridine rings is 1. The van der Waals surface area contributed by atoms with Gasteiger partial charge in [0.25, 0.3) is 0 Å². The molecule has 0 bridgehead atoms. The molecule has 0 fully saturated rings. The Hall–Kier alpha value is -3.23. The summed E-state index contributed by atoms with van der Waals surface area (Å²) in [5, 5.41) is 13.2. The highest BCUT2D eigenvalue weighted by Crippen LogP contribution is 2.20. The van der Waals surface area contributed by atoms with Crippen LogP contribution in [-0.2, 0) is 0 Å². The Kier molecular flexibility index (Phi) is 5.26. The minimum atomic E-state index is -0.368. The van der Waals surface area contributed by atoms with E-state index in [1.165, 1.54) is 12.3 Å². The lowest BCUT2D eigenvalue weighted by atomic mass is 10.2. The van der Waals surface area contributed by atoms with E-state index in [0.717, 1.165) is 0 Å². The Morgan fingerprint density at radius 2 is 1.92 bits per heavy atom. The van der Waals surface area contributed by atoms with E-state index in [4.69, 9.17) is 4.74 Å². The van der Waals surface area contributed by atoms with Crippen LogP contribution < -0.4 is 15.4 Å². The predicted octanol–water partition coefficient (Wildman–Crippen LogP) is 3.44. The molecule has 8 nitrogen and oxygen atoms in total. The molecule has 0 saturated carbocycles. The fourth-order valence-corrected chi connectivity index (χ4v) is 2.24. The zero-order valence-electron chi connectivity index (χ0n) is 14.7. The summed E-state index contributed by atoms with van der Waals surface area (Å²) >= 11 is 0. The SMILES string of the molecule is CC(C)Oc1cc(Nc2cncc(N[C@@H](C)c3ccc(F)cn3)n2)[nH]n1. The van der Waals surface area contributed by atoms with Crippen LogP contribution in [0.15, 0.2) is 36.8 Å². The molecule has 0 aliphatic rings. The zero-order valence-corrected chi connectivity index (χ0v) is 14.7. The van der Waals surface area contributed by atoms with Crippen LogP contribution in [0.4, 0.5) is 21.8 Å². The smallest absolute Gasteiger partial charge is 0.234 e. The van der Waals surface area contributed by atoms with Gasteiger partial charge in [-0.15, -0.1) is 5.10 Å². The molecule has 0 amide bonds. The van der Waals surface area contributed by atoms with Gasteiger partial charge in [0.15, 0.2) is 5.82 Å². The average Bonchev–Trinajstić information content (AvgIpc) is 3.02. The predicted molar refractivity (Wildman–Crippen MR) is 95.9 cm³/mol. The highest BCUT2D eigenvalue weighted by atomic mass is 19.1. The molecule has 0 aliphatic heterocycles. The molecule has 0 aliphatic carbocycles. The van der Waals surface area contributed by atoms with Gasteiger partial charge in [-0.3, -0.25) is 15.1 Å². The maximum absolute atomic E-state index is 13.0. The Morgan fingerprint density at radius 1 is 1.12 bits per heavy atom. The fraction of sp³-hybridized carbons (Fsp3) is 0.294. The topological polar surface area (TPSA) is 101 Å². The van der Waals surface area contributed by atoms with Gasteiger partial charge in [0, 0.05) is 6.07 Å². The van der Waals surface area contributed by atoms with Crippen LogP contribution in [0.25, 0.3) is 0 Å². The third kappa shape index (κ3) is 4.65. The number of aromatic amines is 1. The number of hydrogen-bond donors (Lipinski definition) is 3. The van der Waals surface area contributed by atoms with Crippen molar-refractivity contribution in [1.29, 1.82) is 0 Å². The first-order valence-electron chi connectivity index (χ1n) is 8.18.